The van der Waals surface area contributed by atoms with E-state index in [1.165, 1.54) is 12.2 Å². The van der Waals surface area contributed by atoms with Gasteiger partial charge in [-0.15, -0.1) is 0 Å². The number of nitrogens with one attached hydrogen (secondary N) is 1. The first-order valence-corrected chi connectivity index (χ1v) is 9.01. The summed E-state index contributed by atoms with van der Waals surface area (Å²) in [6, 6.07) is 0. The van der Waals surface area contributed by atoms with Gasteiger partial charge in [-0.25, -0.2) is 0 Å². The van der Waals surface area contributed by atoms with Gasteiger partial charge in [0.25, 0.3) is 0 Å². The Kier molecular flexibility index (Phi) is 11.2. The summed E-state index contributed by atoms with van der Waals surface area (Å²) in [5, 5.41) is 22.8. The number of aliphatic hydroxyl groups excluding tert-OH is 2. The third-order valence-corrected chi connectivity index (χ3v) is 3.63. The summed E-state index contributed by atoms with van der Waals surface area (Å²) in [7, 11) is 0. The highest BCUT2D eigenvalue weighted by Crippen LogP contribution is 2.04. The Bertz CT molecular complexity index is 690. The molecule has 0 radical (unpaired) electrons. The van der Waals surface area contributed by atoms with Crippen molar-refractivity contribution in [3.05, 3.63) is 96.7 Å². The van der Waals surface area contributed by atoms with Crippen LogP contribution in [0.15, 0.2) is 96.7 Å². The minimum Gasteiger partial charge on any atom is -0.386 e. The second-order valence-electron chi connectivity index (χ2n) is 6.26. The molecule has 0 aromatic rings. The van der Waals surface area contributed by atoms with E-state index in [0.717, 1.165) is 5.57 Å². The van der Waals surface area contributed by atoms with Crippen molar-refractivity contribution >= 4 is 5.91 Å². The Balaban J connectivity index is 2.87. The number of carbonyl (C=O) groups excluding carboxylic acids is 1. The molecular formula is C23H29NO3. The Morgan fingerprint density at radius 2 is 1.37 bits per heavy atom. The van der Waals surface area contributed by atoms with Crippen LogP contribution in [0.25, 0.3) is 0 Å². The zero-order valence-corrected chi connectivity index (χ0v) is 15.9. The summed E-state index contributed by atoms with van der Waals surface area (Å²) in [4.78, 5) is 11.8. The molecule has 0 saturated carbocycles. The first kappa shape index (κ1) is 22.4. The minimum absolute atomic E-state index is 0.158. The molecule has 1 amide bonds. The van der Waals surface area contributed by atoms with Gasteiger partial charge < -0.3 is 15.5 Å². The van der Waals surface area contributed by atoms with Crippen LogP contribution in [0.4, 0.5) is 0 Å². The molecule has 144 valence electrons. The van der Waals surface area contributed by atoms with Crippen molar-refractivity contribution in [1.82, 2.24) is 5.32 Å². The predicted molar refractivity (Wildman–Crippen MR) is 112 cm³/mol. The number of amides is 1. The van der Waals surface area contributed by atoms with E-state index in [9.17, 15) is 15.0 Å². The number of rotatable bonds is 0. The highest BCUT2D eigenvalue weighted by atomic mass is 16.3. The Labute approximate surface area is 162 Å². The average Bonchev–Trinajstić information content (AvgIpc) is 2.64. The minimum atomic E-state index is -1.00. The molecule has 0 spiro atoms. The number of hydrogen-bond donors (Lipinski definition) is 3. The quantitative estimate of drug-likeness (QED) is 0.615. The largest absolute Gasteiger partial charge is 0.386 e. The van der Waals surface area contributed by atoms with Crippen LogP contribution < -0.4 is 5.32 Å². The molecule has 4 heteroatoms. The van der Waals surface area contributed by atoms with E-state index in [1.54, 1.807) is 36.5 Å². The molecule has 0 aromatic heterocycles. The monoisotopic (exact) mass is 367 g/mol. The van der Waals surface area contributed by atoms with Gasteiger partial charge in [0.1, 0.15) is 12.2 Å². The van der Waals surface area contributed by atoms with E-state index < -0.39 is 12.2 Å². The number of aliphatic hydroxyl groups is 2. The number of allylic oxidation sites excluding steroid dienone is 12. The summed E-state index contributed by atoms with van der Waals surface area (Å²) in [6.45, 7) is 4.41. The van der Waals surface area contributed by atoms with Gasteiger partial charge in [0.15, 0.2) is 0 Å². The van der Waals surface area contributed by atoms with Crippen molar-refractivity contribution < 1.29 is 15.0 Å². The van der Waals surface area contributed by atoms with Crippen molar-refractivity contribution in [2.24, 2.45) is 5.92 Å². The summed E-state index contributed by atoms with van der Waals surface area (Å²) in [6.07, 6.45) is 24.5. The fourth-order valence-electron chi connectivity index (χ4n) is 2.09. The van der Waals surface area contributed by atoms with Crippen LogP contribution in [0.5, 0.6) is 0 Å². The highest BCUT2D eigenvalue weighted by molar-refractivity contribution is 5.87. The smallest absolute Gasteiger partial charge is 0.243 e. The van der Waals surface area contributed by atoms with Crippen LogP contribution in [-0.4, -0.2) is 34.9 Å². The third kappa shape index (κ3) is 11.5. The molecule has 4 nitrogen and oxygen atoms in total. The van der Waals surface area contributed by atoms with Gasteiger partial charge in [0, 0.05) is 12.6 Å². The van der Waals surface area contributed by atoms with Crippen molar-refractivity contribution in [2.45, 2.75) is 26.1 Å². The summed E-state index contributed by atoms with van der Waals surface area (Å²) in [5.41, 5.74) is 0.783. The molecule has 0 aromatic carbocycles. The van der Waals surface area contributed by atoms with Crippen LogP contribution in [-0.2, 0) is 4.79 Å². The second-order valence-corrected chi connectivity index (χ2v) is 6.26. The lowest BCUT2D eigenvalue weighted by atomic mass is 10.1. The molecule has 1 aliphatic heterocycles. The van der Waals surface area contributed by atoms with E-state index in [4.69, 9.17) is 0 Å². The highest BCUT2D eigenvalue weighted by Gasteiger charge is 2.09. The SMILES string of the molecule is CC1=C[C@H](O)[C@H](O)\C=C/C=C/C=C/C=C\C=C/[C@H](C)CNC(=O)/C=C\C=C1. The lowest BCUT2D eigenvalue weighted by molar-refractivity contribution is -0.116. The van der Waals surface area contributed by atoms with Crippen molar-refractivity contribution in [3.63, 3.8) is 0 Å². The zero-order chi connectivity index (χ0) is 19.9. The van der Waals surface area contributed by atoms with E-state index in [2.05, 4.69) is 5.32 Å². The zero-order valence-electron chi connectivity index (χ0n) is 15.9. The molecule has 1 rings (SSSR count). The Morgan fingerprint density at radius 3 is 2.04 bits per heavy atom. The van der Waals surface area contributed by atoms with Crippen LogP contribution in [0.3, 0.4) is 0 Å². The molecule has 3 N–H and O–H groups in total. The summed E-state index contributed by atoms with van der Waals surface area (Å²) >= 11 is 0. The molecule has 3 atom stereocenters. The van der Waals surface area contributed by atoms with Gasteiger partial charge in [0.05, 0.1) is 0 Å². The molecule has 1 aliphatic rings. The molecule has 0 saturated heterocycles. The molecule has 0 unspecified atom stereocenters. The number of hydrogen-bond acceptors (Lipinski definition) is 3. The fourth-order valence-corrected chi connectivity index (χ4v) is 2.09. The van der Waals surface area contributed by atoms with Crippen molar-refractivity contribution in [2.75, 3.05) is 6.54 Å². The maximum Gasteiger partial charge on any atom is 0.243 e. The molecule has 27 heavy (non-hydrogen) atoms. The topological polar surface area (TPSA) is 69.6 Å². The standard InChI is InChI=1S/C23H29NO3/c1-19-13-11-12-16-23(27)24-18-20(2)14-9-7-5-3-4-6-8-10-15-21(25)22(26)17-19/h3-17,20-22,25-26H,18H2,1-2H3,(H,24,27)/b4-3+,7-5-,8-6+,13-11?,14-9-,15-10-,16-12-,19-17?/t20-,21+,22-/m0/s1. The van der Waals surface area contributed by atoms with E-state index in [-0.39, 0.29) is 11.8 Å². The van der Waals surface area contributed by atoms with E-state index in [1.807, 2.05) is 56.4 Å². The van der Waals surface area contributed by atoms with Gasteiger partial charge in [-0.2, -0.15) is 0 Å². The van der Waals surface area contributed by atoms with Gasteiger partial charge in [-0.3, -0.25) is 4.79 Å². The lowest BCUT2D eigenvalue weighted by Crippen LogP contribution is -2.25. The first-order chi connectivity index (χ1) is 13.0. The summed E-state index contributed by atoms with van der Waals surface area (Å²) < 4.78 is 0. The van der Waals surface area contributed by atoms with Crippen LogP contribution in [0, 0.1) is 5.92 Å². The van der Waals surface area contributed by atoms with E-state index >= 15 is 0 Å². The second kappa shape index (κ2) is 13.5. The molecule has 0 aliphatic carbocycles. The van der Waals surface area contributed by atoms with Crippen LogP contribution >= 0.6 is 0 Å². The molecule has 0 fully saturated rings. The van der Waals surface area contributed by atoms with Gasteiger partial charge in [-0.1, -0.05) is 97.6 Å². The number of carbonyl (C=O) groups is 1. The Morgan fingerprint density at radius 1 is 0.815 bits per heavy atom. The molecule has 1 heterocycles. The maximum absolute atomic E-state index is 11.8. The van der Waals surface area contributed by atoms with Crippen LogP contribution in [0.1, 0.15) is 13.8 Å². The normalized spacial score (nSPS) is 32.7. The van der Waals surface area contributed by atoms with Crippen LogP contribution in [0.2, 0.25) is 0 Å². The maximum atomic E-state index is 11.8. The third-order valence-electron chi connectivity index (χ3n) is 3.63. The van der Waals surface area contributed by atoms with Gasteiger partial charge >= 0.3 is 0 Å². The fraction of sp³-hybridized carbons (Fsp3) is 0.261. The van der Waals surface area contributed by atoms with Gasteiger partial charge in [0.2, 0.25) is 5.91 Å². The average molecular weight is 367 g/mol. The molecule has 0 bridgehead atoms. The van der Waals surface area contributed by atoms with Crippen molar-refractivity contribution in [1.29, 1.82) is 0 Å². The first-order valence-electron chi connectivity index (χ1n) is 9.01. The predicted octanol–water partition coefficient (Wildman–Crippen LogP) is 3.31. The van der Waals surface area contributed by atoms with Gasteiger partial charge in [-0.05, 0) is 12.8 Å². The van der Waals surface area contributed by atoms with Crippen molar-refractivity contribution in [3.8, 4) is 0 Å². The molecular weight excluding hydrogens is 338 g/mol. The van der Waals surface area contributed by atoms with E-state index in [0.29, 0.717) is 6.54 Å². The Hall–Kier alpha value is -2.69. The lowest BCUT2D eigenvalue weighted by Gasteiger charge is -2.10. The summed E-state index contributed by atoms with van der Waals surface area (Å²) in [5.74, 6) is 0.0713.